The lowest BCUT2D eigenvalue weighted by molar-refractivity contribution is 0.0826. The molecule has 0 amide bonds. The smallest absolute Gasteiger partial charge is 0.122 e. The van der Waals surface area contributed by atoms with Gasteiger partial charge in [0, 0.05) is 18.7 Å². The molecule has 0 spiro atoms. The SMILES string of the molecule is COCN(C)CCc1cc(Cl)ccc1OC. The first kappa shape index (κ1) is 13.3. The monoisotopic (exact) mass is 243 g/mol. The minimum Gasteiger partial charge on any atom is -0.496 e. The molecule has 16 heavy (non-hydrogen) atoms. The standard InChI is InChI=1S/C12H18ClNO2/c1-14(9-15-2)7-6-10-8-11(13)4-5-12(10)16-3/h4-5,8H,6-7,9H2,1-3H3. The number of methoxy groups -OCH3 is 2. The van der Waals surface area contributed by atoms with Gasteiger partial charge in [0.1, 0.15) is 5.75 Å². The predicted octanol–water partition coefficient (Wildman–Crippen LogP) is 2.43. The molecule has 4 heteroatoms. The summed E-state index contributed by atoms with van der Waals surface area (Å²) in [7, 11) is 5.38. The van der Waals surface area contributed by atoms with Crippen LogP contribution in [0.2, 0.25) is 5.02 Å². The summed E-state index contributed by atoms with van der Waals surface area (Å²) < 4.78 is 10.3. The zero-order valence-electron chi connectivity index (χ0n) is 10.00. The van der Waals surface area contributed by atoms with Crippen LogP contribution < -0.4 is 4.74 Å². The third-order valence-corrected chi connectivity index (χ3v) is 2.59. The van der Waals surface area contributed by atoms with Crippen LogP contribution in [0.1, 0.15) is 5.56 Å². The van der Waals surface area contributed by atoms with Crippen molar-refractivity contribution < 1.29 is 9.47 Å². The molecular weight excluding hydrogens is 226 g/mol. The van der Waals surface area contributed by atoms with E-state index < -0.39 is 0 Å². The van der Waals surface area contributed by atoms with Crippen molar-refractivity contribution in [1.82, 2.24) is 4.90 Å². The Kier molecular flexibility index (Phi) is 5.60. The number of ether oxygens (including phenoxy) is 2. The van der Waals surface area contributed by atoms with Gasteiger partial charge in [-0.3, -0.25) is 4.90 Å². The molecular formula is C12H18ClNO2. The van der Waals surface area contributed by atoms with Gasteiger partial charge in [-0.2, -0.15) is 0 Å². The van der Waals surface area contributed by atoms with E-state index in [9.17, 15) is 0 Å². The summed E-state index contributed by atoms with van der Waals surface area (Å²) in [5, 5.41) is 0.741. The van der Waals surface area contributed by atoms with Crippen LogP contribution in [-0.2, 0) is 11.2 Å². The van der Waals surface area contributed by atoms with Crippen LogP contribution >= 0.6 is 11.6 Å². The second-order valence-electron chi connectivity index (χ2n) is 3.70. The zero-order valence-corrected chi connectivity index (χ0v) is 10.8. The Bertz CT molecular complexity index is 331. The first-order valence-corrected chi connectivity index (χ1v) is 5.55. The Balaban J connectivity index is 2.61. The number of halogens is 1. The Labute approximate surface area is 102 Å². The normalized spacial score (nSPS) is 10.8. The summed E-state index contributed by atoms with van der Waals surface area (Å²) in [5.74, 6) is 0.884. The third-order valence-electron chi connectivity index (χ3n) is 2.35. The molecule has 1 rings (SSSR count). The lowest BCUT2D eigenvalue weighted by atomic mass is 10.1. The van der Waals surface area contributed by atoms with E-state index in [0.29, 0.717) is 6.73 Å². The van der Waals surface area contributed by atoms with E-state index in [2.05, 4.69) is 4.90 Å². The average Bonchev–Trinajstić information content (AvgIpc) is 2.27. The highest BCUT2D eigenvalue weighted by Crippen LogP contribution is 2.23. The van der Waals surface area contributed by atoms with Crippen molar-refractivity contribution in [3.05, 3.63) is 28.8 Å². The summed E-state index contributed by atoms with van der Waals surface area (Å²) in [4.78, 5) is 2.10. The molecule has 3 nitrogen and oxygen atoms in total. The molecule has 0 aliphatic rings. The van der Waals surface area contributed by atoms with E-state index in [0.717, 1.165) is 29.3 Å². The van der Waals surface area contributed by atoms with Crippen molar-refractivity contribution in [2.24, 2.45) is 0 Å². The minimum absolute atomic E-state index is 0.628. The molecule has 0 aliphatic carbocycles. The topological polar surface area (TPSA) is 21.7 Å². The van der Waals surface area contributed by atoms with Gasteiger partial charge in [-0.25, -0.2) is 0 Å². The van der Waals surface area contributed by atoms with Crippen LogP contribution in [0.15, 0.2) is 18.2 Å². The second-order valence-corrected chi connectivity index (χ2v) is 4.14. The van der Waals surface area contributed by atoms with Crippen molar-refractivity contribution in [3.63, 3.8) is 0 Å². The summed E-state index contributed by atoms with van der Waals surface area (Å²) in [6, 6.07) is 5.68. The molecule has 1 aromatic rings. The fraction of sp³-hybridized carbons (Fsp3) is 0.500. The van der Waals surface area contributed by atoms with E-state index >= 15 is 0 Å². The Morgan fingerprint density at radius 3 is 2.69 bits per heavy atom. The third kappa shape index (κ3) is 4.00. The van der Waals surface area contributed by atoms with Gasteiger partial charge >= 0.3 is 0 Å². The molecule has 0 atom stereocenters. The molecule has 0 bridgehead atoms. The van der Waals surface area contributed by atoms with Crippen LogP contribution in [0.5, 0.6) is 5.75 Å². The van der Waals surface area contributed by atoms with E-state index in [-0.39, 0.29) is 0 Å². The summed E-state index contributed by atoms with van der Waals surface area (Å²) >= 11 is 5.96. The van der Waals surface area contributed by atoms with Gasteiger partial charge < -0.3 is 9.47 Å². The highest BCUT2D eigenvalue weighted by Gasteiger charge is 2.05. The largest absolute Gasteiger partial charge is 0.496 e. The molecule has 0 aromatic heterocycles. The van der Waals surface area contributed by atoms with Crippen LogP contribution in [0, 0.1) is 0 Å². The number of rotatable bonds is 6. The average molecular weight is 244 g/mol. The highest BCUT2D eigenvalue weighted by molar-refractivity contribution is 6.30. The van der Waals surface area contributed by atoms with Crippen molar-refractivity contribution in [2.75, 3.05) is 34.5 Å². The van der Waals surface area contributed by atoms with Crippen molar-refractivity contribution >= 4 is 11.6 Å². The van der Waals surface area contributed by atoms with Gasteiger partial charge in [0.15, 0.2) is 0 Å². The fourth-order valence-electron chi connectivity index (χ4n) is 1.54. The van der Waals surface area contributed by atoms with Gasteiger partial charge in [0.2, 0.25) is 0 Å². The molecule has 0 aliphatic heterocycles. The molecule has 0 saturated carbocycles. The van der Waals surface area contributed by atoms with Crippen molar-refractivity contribution in [2.45, 2.75) is 6.42 Å². The molecule has 0 heterocycles. The van der Waals surface area contributed by atoms with Crippen molar-refractivity contribution in [1.29, 1.82) is 0 Å². The second kappa shape index (κ2) is 6.74. The van der Waals surface area contributed by atoms with Crippen LogP contribution in [0.4, 0.5) is 0 Å². The number of likely N-dealkylation sites (N-methyl/N-ethyl adjacent to an activating group) is 1. The molecule has 0 saturated heterocycles. The first-order chi connectivity index (χ1) is 7.67. The van der Waals surface area contributed by atoms with Crippen LogP contribution in [-0.4, -0.2) is 39.4 Å². The molecule has 0 fully saturated rings. The fourth-order valence-corrected chi connectivity index (χ4v) is 1.73. The Morgan fingerprint density at radius 1 is 1.31 bits per heavy atom. The summed E-state index contributed by atoms with van der Waals surface area (Å²) in [5.41, 5.74) is 1.12. The van der Waals surface area contributed by atoms with Gasteiger partial charge in [-0.05, 0) is 37.2 Å². The molecule has 1 aromatic carbocycles. The van der Waals surface area contributed by atoms with Gasteiger partial charge in [0.25, 0.3) is 0 Å². The number of nitrogens with zero attached hydrogens (tertiary/aromatic N) is 1. The number of hydrogen-bond acceptors (Lipinski definition) is 3. The van der Waals surface area contributed by atoms with Gasteiger partial charge in [-0.15, -0.1) is 0 Å². The minimum atomic E-state index is 0.628. The lowest BCUT2D eigenvalue weighted by Gasteiger charge is -2.16. The van der Waals surface area contributed by atoms with Gasteiger partial charge in [-0.1, -0.05) is 11.6 Å². The molecule has 0 unspecified atom stereocenters. The van der Waals surface area contributed by atoms with E-state index in [1.807, 2.05) is 25.2 Å². The van der Waals surface area contributed by atoms with Crippen LogP contribution in [0.3, 0.4) is 0 Å². The number of hydrogen-bond donors (Lipinski definition) is 0. The number of benzene rings is 1. The highest BCUT2D eigenvalue weighted by atomic mass is 35.5. The Morgan fingerprint density at radius 2 is 2.06 bits per heavy atom. The lowest BCUT2D eigenvalue weighted by Crippen LogP contribution is -2.23. The maximum Gasteiger partial charge on any atom is 0.122 e. The Hall–Kier alpha value is -0.770. The predicted molar refractivity (Wildman–Crippen MR) is 66.2 cm³/mol. The maximum atomic E-state index is 5.96. The molecule has 90 valence electrons. The van der Waals surface area contributed by atoms with Crippen molar-refractivity contribution in [3.8, 4) is 5.75 Å². The van der Waals surface area contributed by atoms with Crippen LogP contribution in [0.25, 0.3) is 0 Å². The first-order valence-electron chi connectivity index (χ1n) is 5.17. The maximum absolute atomic E-state index is 5.96. The van der Waals surface area contributed by atoms with E-state index in [4.69, 9.17) is 21.1 Å². The summed E-state index contributed by atoms with van der Waals surface area (Å²) in [6.07, 6.45) is 0.892. The van der Waals surface area contributed by atoms with E-state index in [1.54, 1.807) is 14.2 Å². The van der Waals surface area contributed by atoms with Gasteiger partial charge in [0.05, 0.1) is 13.8 Å². The quantitative estimate of drug-likeness (QED) is 0.717. The zero-order chi connectivity index (χ0) is 12.0. The van der Waals surface area contributed by atoms with E-state index in [1.165, 1.54) is 0 Å². The molecule has 0 N–H and O–H groups in total. The molecule has 0 radical (unpaired) electrons. The summed E-state index contributed by atoms with van der Waals surface area (Å²) in [6.45, 7) is 1.54.